The lowest BCUT2D eigenvalue weighted by Gasteiger charge is -2.02. The normalized spacial score (nSPS) is 10.1. The highest BCUT2D eigenvalue weighted by Crippen LogP contribution is 2.11. The van der Waals surface area contributed by atoms with Crippen LogP contribution < -0.4 is 5.73 Å². The number of nitrogens with two attached hydrogens (primary N) is 1. The van der Waals surface area contributed by atoms with Gasteiger partial charge in [0.15, 0.2) is 0 Å². The van der Waals surface area contributed by atoms with Crippen LogP contribution in [0.1, 0.15) is 5.56 Å². The van der Waals surface area contributed by atoms with Crippen molar-refractivity contribution < 1.29 is 9.53 Å². The number of benzene rings is 1. The van der Waals surface area contributed by atoms with Crippen LogP contribution in [0, 0.1) is 0 Å². The van der Waals surface area contributed by atoms with Crippen molar-refractivity contribution in [2.75, 3.05) is 12.3 Å². The molecule has 2 N–H and O–H groups in total. The van der Waals surface area contributed by atoms with E-state index < -0.39 is 0 Å². The fourth-order valence-corrected chi connectivity index (χ4v) is 1.77. The van der Waals surface area contributed by atoms with Crippen molar-refractivity contribution in [3.05, 3.63) is 45.8 Å². The van der Waals surface area contributed by atoms with Gasteiger partial charge in [0.2, 0.25) is 0 Å². The molecule has 0 aromatic heterocycles. The predicted molar refractivity (Wildman–Crippen MR) is 81.8 cm³/mol. The second-order valence-corrected chi connectivity index (χ2v) is 5.13. The van der Waals surface area contributed by atoms with Crippen molar-refractivity contribution in [3.8, 4) is 0 Å². The largest absolute Gasteiger partial charge is 0.458 e. The summed E-state index contributed by atoms with van der Waals surface area (Å²) in [6.45, 7) is 0.890. The van der Waals surface area contributed by atoms with E-state index in [9.17, 15) is 4.79 Å². The number of halogens is 2. The maximum atomic E-state index is 11.3. The topological polar surface area (TPSA) is 52.3 Å². The molecule has 0 atom stereocenters. The summed E-state index contributed by atoms with van der Waals surface area (Å²) < 4.78 is 6.07. The summed E-state index contributed by atoms with van der Waals surface area (Å²) in [5.74, 6) is 0.466. The number of hydrogen-bond donors (Lipinski definition) is 1. The van der Waals surface area contributed by atoms with Crippen molar-refractivity contribution in [1.29, 1.82) is 0 Å². The molecule has 0 aliphatic heterocycles. The van der Waals surface area contributed by atoms with Gasteiger partial charge in [-0.2, -0.15) is 0 Å². The first-order valence-electron chi connectivity index (χ1n) is 5.12. The van der Waals surface area contributed by atoms with Crippen molar-refractivity contribution in [1.82, 2.24) is 0 Å². The average Bonchev–Trinajstić information content (AvgIpc) is 2.34. The van der Waals surface area contributed by atoms with Gasteiger partial charge in [-0.1, -0.05) is 28.1 Å². The summed E-state index contributed by atoms with van der Waals surface area (Å²) in [5.41, 5.74) is 6.28. The van der Waals surface area contributed by atoms with Gasteiger partial charge in [-0.05, 0) is 23.1 Å². The summed E-state index contributed by atoms with van der Waals surface area (Å²) in [6, 6.07) is 7.64. The van der Waals surface area contributed by atoms with E-state index in [1.54, 1.807) is 5.41 Å². The molecule has 0 amide bonds. The van der Waals surface area contributed by atoms with Gasteiger partial charge in [-0.3, -0.25) is 0 Å². The van der Waals surface area contributed by atoms with Gasteiger partial charge < -0.3 is 10.5 Å². The Hall–Kier alpha value is -0.490. The fraction of sp³-hybridized carbons (Fsp3) is 0.250. The van der Waals surface area contributed by atoms with E-state index in [1.807, 2.05) is 24.3 Å². The summed E-state index contributed by atoms with van der Waals surface area (Å²) in [5, 5.41) is 1.71. The Morgan fingerprint density at radius 1 is 1.39 bits per heavy atom. The standard InChI is InChI=1S/C12H14BrNO2S.ClH/c13-11-3-1-10(2-4-11)9-16-12(15)5-7-17-8-6-14;/h1-5,7H,6,8-9,14H2;1H/b7-5+;. The number of carbonyl (C=O) groups excluding carboxylic acids is 1. The van der Waals surface area contributed by atoms with Crippen LogP contribution >= 0.6 is 40.1 Å². The lowest BCUT2D eigenvalue weighted by atomic mass is 10.2. The van der Waals surface area contributed by atoms with Gasteiger partial charge in [-0.25, -0.2) is 4.79 Å². The van der Waals surface area contributed by atoms with E-state index in [-0.39, 0.29) is 25.0 Å². The van der Waals surface area contributed by atoms with Crippen molar-refractivity contribution >= 4 is 46.1 Å². The Labute approximate surface area is 126 Å². The Balaban J connectivity index is 0.00000289. The molecule has 0 bridgehead atoms. The third kappa shape index (κ3) is 7.76. The number of rotatable bonds is 6. The molecule has 0 unspecified atom stereocenters. The molecule has 0 saturated carbocycles. The first-order chi connectivity index (χ1) is 8.22. The second-order valence-electron chi connectivity index (χ2n) is 3.20. The molecule has 0 radical (unpaired) electrons. The van der Waals surface area contributed by atoms with Crippen LogP contribution in [0.15, 0.2) is 40.2 Å². The molecular formula is C12H15BrClNO2S. The number of ether oxygens (including phenoxy) is 1. The van der Waals surface area contributed by atoms with Crippen LogP contribution in [0.3, 0.4) is 0 Å². The highest BCUT2D eigenvalue weighted by atomic mass is 79.9. The van der Waals surface area contributed by atoms with Crippen LogP contribution in [-0.4, -0.2) is 18.3 Å². The molecule has 1 rings (SSSR count). The van der Waals surface area contributed by atoms with E-state index in [4.69, 9.17) is 10.5 Å². The third-order valence-corrected chi connectivity index (χ3v) is 3.16. The molecular weight excluding hydrogens is 338 g/mol. The molecule has 0 spiro atoms. The Bertz CT molecular complexity index is 384. The van der Waals surface area contributed by atoms with Crippen LogP contribution in [0.5, 0.6) is 0 Å². The zero-order chi connectivity index (χ0) is 12.5. The number of esters is 1. The van der Waals surface area contributed by atoms with E-state index >= 15 is 0 Å². The maximum absolute atomic E-state index is 11.3. The van der Waals surface area contributed by atoms with Crippen LogP contribution in [0.2, 0.25) is 0 Å². The highest BCUT2D eigenvalue weighted by molar-refractivity contribution is 9.10. The molecule has 6 heteroatoms. The van der Waals surface area contributed by atoms with Gasteiger partial charge in [0.1, 0.15) is 6.61 Å². The average molecular weight is 353 g/mol. The molecule has 0 fully saturated rings. The molecule has 100 valence electrons. The van der Waals surface area contributed by atoms with Gasteiger partial charge in [-0.15, -0.1) is 24.2 Å². The minimum absolute atomic E-state index is 0. The summed E-state index contributed by atoms with van der Waals surface area (Å²) in [4.78, 5) is 11.3. The van der Waals surface area contributed by atoms with E-state index in [2.05, 4.69) is 15.9 Å². The van der Waals surface area contributed by atoms with Gasteiger partial charge >= 0.3 is 5.97 Å². The van der Waals surface area contributed by atoms with Gasteiger partial charge in [0.05, 0.1) is 0 Å². The van der Waals surface area contributed by atoms with Gasteiger partial charge in [0, 0.05) is 22.8 Å². The Morgan fingerprint density at radius 2 is 2.06 bits per heavy atom. The third-order valence-electron chi connectivity index (χ3n) is 1.83. The number of thioether (sulfide) groups is 1. The zero-order valence-electron chi connectivity index (χ0n) is 9.67. The smallest absolute Gasteiger partial charge is 0.331 e. The minimum atomic E-state index is -0.336. The Kier molecular flexibility index (Phi) is 10.2. The van der Waals surface area contributed by atoms with Crippen LogP contribution in [0.25, 0.3) is 0 Å². The first kappa shape index (κ1) is 17.5. The fourth-order valence-electron chi connectivity index (χ4n) is 1.02. The predicted octanol–water partition coefficient (Wildman–Crippen LogP) is 3.12. The number of hydrogen-bond acceptors (Lipinski definition) is 4. The summed E-state index contributed by atoms with van der Waals surface area (Å²) >= 11 is 4.84. The quantitative estimate of drug-likeness (QED) is 0.485. The minimum Gasteiger partial charge on any atom is -0.458 e. The Morgan fingerprint density at radius 3 is 2.67 bits per heavy atom. The SMILES string of the molecule is Cl.NCCS/C=C/C(=O)OCc1ccc(Br)cc1. The van der Waals surface area contributed by atoms with E-state index in [0.717, 1.165) is 15.8 Å². The molecule has 18 heavy (non-hydrogen) atoms. The monoisotopic (exact) mass is 351 g/mol. The lowest BCUT2D eigenvalue weighted by Crippen LogP contribution is -2.01. The zero-order valence-corrected chi connectivity index (χ0v) is 12.9. The molecule has 1 aromatic carbocycles. The van der Waals surface area contributed by atoms with Crippen molar-refractivity contribution in [2.45, 2.75) is 6.61 Å². The lowest BCUT2D eigenvalue weighted by molar-refractivity contribution is -0.138. The molecule has 0 aliphatic carbocycles. The molecule has 0 aliphatic rings. The highest BCUT2D eigenvalue weighted by Gasteiger charge is 1.98. The van der Waals surface area contributed by atoms with E-state index in [1.165, 1.54) is 17.8 Å². The molecule has 0 saturated heterocycles. The van der Waals surface area contributed by atoms with Crippen molar-refractivity contribution in [3.63, 3.8) is 0 Å². The van der Waals surface area contributed by atoms with E-state index in [0.29, 0.717) is 6.54 Å². The molecule has 3 nitrogen and oxygen atoms in total. The van der Waals surface area contributed by atoms with Crippen LogP contribution in [0.4, 0.5) is 0 Å². The maximum Gasteiger partial charge on any atom is 0.331 e. The number of carbonyl (C=O) groups is 1. The van der Waals surface area contributed by atoms with Crippen molar-refractivity contribution in [2.24, 2.45) is 5.73 Å². The summed E-state index contributed by atoms with van der Waals surface area (Å²) in [6.07, 6.45) is 1.42. The first-order valence-corrected chi connectivity index (χ1v) is 6.96. The molecule has 0 heterocycles. The second kappa shape index (κ2) is 10.4. The summed E-state index contributed by atoms with van der Waals surface area (Å²) in [7, 11) is 0. The van der Waals surface area contributed by atoms with Gasteiger partial charge in [0.25, 0.3) is 0 Å². The van der Waals surface area contributed by atoms with Crippen LogP contribution in [-0.2, 0) is 16.1 Å². The molecule has 1 aromatic rings.